The van der Waals surface area contributed by atoms with Gasteiger partial charge in [0.15, 0.2) is 5.69 Å². The van der Waals surface area contributed by atoms with Crippen molar-refractivity contribution in [3.8, 4) is 0 Å². The Kier molecular flexibility index (Phi) is 6.29. The summed E-state index contributed by atoms with van der Waals surface area (Å²) < 4.78 is 45.8. The molecule has 0 spiro atoms. The lowest BCUT2D eigenvalue weighted by Gasteiger charge is -2.09. The van der Waals surface area contributed by atoms with E-state index in [2.05, 4.69) is 31.4 Å². The Balaban J connectivity index is 2.08. The second-order valence-electron chi connectivity index (χ2n) is 5.52. The molecule has 0 aliphatic rings. The molecule has 0 saturated carbocycles. The number of esters is 1. The summed E-state index contributed by atoms with van der Waals surface area (Å²) in [7, 11) is 1.53. The molecule has 0 saturated heterocycles. The van der Waals surface area contributed by atoms with Crippen LogP contribution in [0.15, 0.2) is 10.7 Å². The summed E-state index contributed by atoms with van der Waals surface area (Å²) in [6.07, 6.45) is -3.49. The van der Waals surface area contributed by atoms with E-state index in [-0.39, 0.29) is 41.1 Å². The van der Waals surface area contributed by atoms with Gasteiger partial charge in [0.25, 0.3) is 0 Å². The van der Waals surface area contributed by atoms with Crippen LogP contribution < -0.4 is 5.32 Å². The molecule has 0 unspecified atom stereocenters. The van der Waals surface area contributed by atoms with E-state index >= 15 is 0 Å². The quantitative estimate of drug-likeness (QED) is 0.681. The molecule has 2 aromatic heterocycles. The van der Waals surface area contributed by atoms with E-state index in [0.717, 1.165) is 4.68 Å². The fourth-order valence-electron chi connectivity index (χ4n) is 2.27. The second-order valence-corrected chi connectivity index (χ2v) is 6.31. The topological polar surface area (TPSA) is 91.0 Å². The molecule has 1 amide bonds. The molecule has 0 bridgehead atoms. The Labute approximate surface area is 160 Å². The maximum atomic E-state index is 12.9. The highest BCUT2D eigenvalue weighted by Gasteiger charge is 2.37. The van der Waals surface area contributed by atoms with Crippen LogP contribution in [-0.2, 0) is 29.3 Å². The number of amides is 1. The number of ether oxygens (including phenoxy) is 1. The number of aryl methyl sites for hydroxylation is 2. The van der Waals surface area contributed by atoms with Gasteiger partial charge in [0.05, 0.1) is 29.5 Å². The van der Waals surface area contributed by atoms with E-state index in [4.69, 9.17) is 4.74 Å². The number of halogens is 4. The number of alkyl halides is 3. The first-order valence-electron chi connectivity index (χ1n) is 7.85. The Morgan fingerprint density at radius 3 is 2.59 bits per heavy atom. The number of nitrogens with zero attached hydrogens (tertiary/aromatic N) is 4. The van der Waals surface area contributed by atoms with Gasteiger partial charge in [0.1, 0.15) is 11.4 Å². The third-order valence-corrected chi connectivity index (χ3v) is 4.59. The summed E-state index contributed by atoms with van der Waals surface area (Å²) in [6, 6.07) is 0. The van der Waals surface area contributed by atoms with Crippen molar-refractivity contribution in [2.45, 2.75) is 33.0 Å². The van der Waals surface area contributed by atoms with E-state index in [9.17, 15) is 22.8 Å². The van der Waals surface area contributed by atoms with Crippen LogP contribution in [0.4, 0.5) is 19.0 Å². The number of nitrogens with one attached hydrogen (secondary N) is 1. The summed E-state index contributed by atoms with van der Waals surface area (Å²) in [5, 5.41) is 9.94. The van der Waals surface area contributed by atoms with Gasteiger partial charge in [0, 0.05) is 13.5 Å². The third-order valence-electron chi connectivity index (χ3n) is 3.64. The van der Waals surface area contributed by atoms with Crippen LogP contribution >= 0.6 is 15.9 Å². The van der Waals surface area contributed by atoms with E-state index in [1.54, 1.807) is 6.92 Å². The molecule has 0 aromatic carbocycles. The molecule has 1 N–H and O–H groups in total. The van der Waals surface area contributed by atoms with Gasteiger partial charge in [-0.1, -0.05) is 0 Å². The molecule has 148 valence electrons. The molecular weight excluding hydrogens is 435 g/mol. The van der Waals surface area contributed by atoms with E-state index in [1.807, 2.05) is 0 Å². The normalized spacial score (nSPS) is 11.5. The molecule has 2 heterocycles. The maximum Gasteiger partial charge on any atom is 0.436 e. The number of carbonyl (C=O) groups excluding carboxylic acids is 2. The molecule has 0 radical (unpaired) electrons. The SMILES string of the molecule is CCOC(=O)c1cnn(C)c1NC(=O)CCn1nc(C(F)(F)F)c(Br)c1C. The standard InChI is InChI=1S/C15H17BrF3N5O3/c1-4-27-14(26)9-7-20-23(3)13(9)21-10(25)5-6-24-8(2)11(16)12(22-24)15(17,18)19/h7H,4-6H2,1-3H3,(H,21,25). The fourth-order valence-corrected chi connectivity index (χ4v) is 2.78. The van der Waals surface area contributed by atoms with Crippen molar-refractivity contribution in [3.63, 3.8) is 0 Å². The molecule has 0 atom stereocenters. The van der Waals surface area contributed by atoms with Crippen molar-refractivity contribution in [2.75, 3.05) is 11.9 Å². The molecule has 27 heavy (non-hydrogen) atoms. The lowest BCUT2D eigenvalue weighted by atomic mass is 10.3. The second kappa shape index (κ2) is 8.11. The van der Waals surface area contributed by atoms with Crippen molar-refractivity contribution < 1.29 is 27.5 Å². The van der Waals surface area contributed by atoms with Crippen LogP contribution in [0, 0.1) is 6.92 Å². The molecule has 0 aliphatic carbocycles. The number of rotatable bonds is 6. The largest absolute Gasteiger partial charge is 0.462 e. The summed E-state index contributed by atoms with van der Waals surface area (Å²) in [5.74, 6) is -1.00. The average Bonchev–Trinajstić information content (AvgIpc) is 3.07. The van der Waals surface area contributed by atoms with Crippen molar-refractivity contribution in [2.24, 2.45) is 7.05 Å². The molecule has 0 aliphatic heterocycles. The highest BCUT2D eigenvalue weighted by Crippen LogP contribution is 2.35. The minimum Gasteiger partial charge on any atom is -0.462 e. The third kappa shape index (κ3) is 4.67. The van der Waals surface area contributed by atoms with Crippen LogP contribution in [0.25, 0.3) is 0 Å². The van der Waals surface area contributed by atoms with Gasteiger partial charge >= 0.3 is 12.1 Å². The van der Waals surface area contributed by atoms with Crippen molar-refractivity contribution >= 4 is 33.6 Å². The first-order valence-corrected chi connectivity index (χ1v) is 8.64. The first kappa shape index (κ1) is 20.9. The lowest BCUT2D eigenvalue weighted by molar-refractivity contribution is -0.142. The minimum atomic E-state index is -4.60. The Bertz CT molecular complexity index is 860. The number of hydrogen-bond acceptors (Lipinski definition) is 5. The fraction of sp³-hybridized carbons (Fsp3) is 0.467. The van der Waals surface area contributed by atoms with Crippen LogP contribution in [-0.4, -0.2) is 38.0 Å². The number of carbonyl (C=O) groups is 2. The van der Waals surface area contributed by atoms with Crippen LogP contribution in [0.2, 0.25) is 0 Å². The van der Waals surface area contributed by atoms with Crippen LogP contribution in [0.3, 0.4) is 0 Å². The first-order chi connectivity index (χ1) is 12.6. The zero-order valence-electron chi connectivity index (χ0n) is 14.7. The van der Waals surface area contributed by atoms with E-state index < -0.39 is 23.7 Å². The summed E-state index contributed by atoms with van der Waals surface area (Å²) in [6.45, 7) is 3.20. The van der Waals surface area contributed by atoms with E-state index in [0.29, 0.717) is 0 Å². The molecule has 12 heteroatoms. The zero-order valence-corrected chi connectivity index (χ0v) is 16.3. The monoisotopic (exact) mass is 451 g/mol. The van der Waals surface area contributed by atoms with Gasteiger partial charge < -0.3 is 10.1 Å². The zero-order chi connectivity index (χ0) is 20.4. The lowest BCUT2D eigenvalue weighted by Crippen LogP contribution is -2.19. The summed E-state index contributed by atoms with van der Waals surface area (Å²) >= 11 is 2.88. The predicted molar refractivity (Wildman–Crippen MR) is 92.1 cm³/mol. The minimum absolute atomic E-state index is 0.0705. The average molecular weight is 452 g/mol. The van der Waals surface area contributed by atoms with Gasteiger partial charge in [-0.2, -0.15) is 23.4 Å². The molecular formula is C15H17BrF3N5O3. The van der Waals surface area contributed by atoms with Gasteiger partial charge in [0.2, 0.25) is 5.91 Å². The predicted octanol–water partition coefficient (Wildman–Crippen LogP) is 2.91. The highest BCUT2D eigenvalue weighted by atomic mass is 79.9. The van der Waals surface area contributed by atoms with Crippen molar-refractivity contribution in [1.29, 1.82) is 0 Å². The van der Waals surface area contributed by atoms with Gasteiger partial charge in [-0.05, 0) is 29.8 Å². The van der Waals surface area contributed by atoms with Gasteiger partial charge in [-0.3, -0.25) is 14.2 Å². The molecule has 2 aromatic rings. The molecule has 8 nitrogen and oxygen atoms in total. The van der Waals surface area contributed by atoms with Crippen LogP contribution in [0.1, 0.15) is 35.1 Å². The molecule has 2 rings (SSSR count). The smallest absolute Gasteiger partial charge is 0.436 e. The number of anilines is 1. The summed E-state index contributed by atoms with van der Waals surface area (Å²) in [4.78, 5) is 24.1. The van der Waals surface area contributed by atoms with Crippen molar-refractivity contribution in [3.05, 3.63) is 27.6 Å². The summed E-state index contributed by atoms with van der Waals surface area (Å²) in [5.41, 5.74) is -0.704. The number of hydrogen-bond donors (Lipinski definition) is 1. The van der Waals surface area contributed by atoms with E-state index in [1.165, 1.54) is 24.9 Å². The Hall–Kier alpha value is -2.37. The Morgan fingerprint density at radius 2 is 2.04 bits per heavy atom. The molecule has 0 fully saturated rings. The Morgan fingerprint density at radius 1 is 1.37 bits per heavy atom. The van der Waals surface area contributed by atoms with Gasteiger partial charge in [-0.15, -0.1) is 0 Å². The highest BCUT2D eigenvalue weighted by molar-refractivity contribution is 9.10. The number of aromatic nitrogens is 4. The van der Waals surface area contributed by atoms with Gasteiger partial charge in [-0.25, -0.2) is 4.79 Å². The van der Waals surface area contributed by atoms with Crippen LogP contribution in [0.5, 0.6) is 0 Å². The maximum absolute atomic E-state index is 12.9. The van der Waals surface area contributed by atoms with Crippen molar-refractivity contribution in [1.82, 2.24) is 19.6 Å².